The monoisotopic (exact) mass is 164 g/mol. The highest BCUT2D eigenvalue weighted by Crippen LogP contribution is 2.28. The highest BCUT2D eigenvalue weighted by atomic mass is 32.2. The fourth-order valence-corrected chi connectivity index (χ4v) is 3.35. The van der Waals surface area contributed by atoms with Gasteiger partial charge in [-0.2, -0.15) is 0 Å². The zero-order valence-electron chi connectivity index (χ0n) is 6.34. The molecule has 0 spiro atoms. The predicted octanol–water partition coefficient (Wildman–Crippen LogP) is 1.50. The maximum atomic E-state index is 12.8. The molecule has 1 nitrogen and oxygen atoms in total. The van der Waals surface area contributed by atoms with Gasteiger partial charge in [-0.15, -0.1) is 0 Å². The van der Waals surface area contributed by atoms with Crippen molar-refractivity contribution in [3.05, 3.63) is 0 Å². The Morgan fingerprint density at radius 2 is 2.30 bits per heavy atom. The van der Waals surface area contributed by atoms with E-state index in [1.165, 1.54) is 0 Å². The summed E-state index contributed by atoms with van der Waals surface area (Å²) in [6.07, 6.45) is 0.0135. The summed E-state index contributed by atoms with van der Waals surface area (Å²) in [5.74, 6) is 0.269. The molecule has 0 aromatic heterocycles. The van der Waals surface area contributed by atoms with Crippen molar-refractivity contribution in [3.63, 3.8) is 0 Å². The summed E-state index contributed by atoms with van der Waals surface area (Å²) in [6, 6.07) is 0. The SMILES string of the molecule is CC[C@@H]1[C@@H](C)[C@H](F)C[S@@]1=O. The van der Waals surface area contributed by atoms with Crippen LogP contribution in [0, 0.1) is 5.92 Å². The van der Waals surface area contributed by atoms with Gasteiger partial charge in [-0.1, -0.05) is 13.8 Å². The first-order valence-electron chi connectivity index (χ1n) is 3.68. The average molecular weight is 164 g/mol. The van der Waals surface area contributed by atoms with Gasteiger partial charge >= 0.3 is 0 Å². The van der Waals surface area contributed by atoms with Crippen LogP contribution < -0.4 is 0 Å². The molecule has 0 bridgehead atoms. The van der Waals surface area contributed by atoms with Crippen LogP contribution in [0.5, 0.6) is 0 Å². The van der Waals surface area contributed by atoms with Crippen LogP contribution in [-0.4, -0.2) is 21.4 Å². The first-order valence-corrected chi connectivity index (χ1v) is 5.06. The van der Waals surface area contributed by atoms with E-state index in [9.17, 15) is 8.60 Å². The van der Waals surface area contributed by atoms with E-state index < -0.39 is 17.0 Å². The molecular weight excluding hydrogens is 151 g/mol. The third-order valence-corrected chi connectivity index (χ3v) is 4.31. The van der Waals surface area contributed by atoms with Gasteiger partial charge in [0.05, 0.1) is 5.75 Å². The smallest absolute Gasteiger partial charge is 0.115 e. The van der Waals surface area contributed by atoms with Crippen molar-refractivity contribution in [2.24, 2.45) is 5.92 Å². The maximum Gasteiger partial charge on any atom is 0.115 e. The lowest BCUT2D eigenvalue weighted by molar-refractivity contribution is 0.277. The summed E-state index contributed by atoms with van der Waals surface area (Å²) in [4.78, 5) is 0. The minimum atomic E-state index is -0.896. The van der Waals surface area contributed by atoms with Gasteiger partial charge in [-0.3, -0.25) is 4.21 Å². The van der Waals surface area contributed by atoms with E-state index in [0.29, 0.717) is 0 Å². The Bertz CT molecular complexity index is 149. The lowest BCUT2D eigenvalue weighted by Gasteiger charge is -2.11. The maximum absolute atomic E-state index is 12.8. The molecule has 0 aromatic rings. The van der Waals surface area contributed by atoms with E-state index in [2.05, 4.69) is 0 Å². The van der Waals surface area contributed by atoms with E-state index >= 15 is 0 Å². The zero-order valence-corrected chi connectivity index (χ0v) is 7.16. The van der Waals surface area contributed by atoms with Gasteiger partial charge < -0.3 is 0 Å². The second-order valence-electron chi connectivity index (χ2n) is 2.87. The van der Waals surface area contributed by atoms with E-state index in [1.807, 2.05) is 13.8 Å². The minimum Gasteiger partial charge on any atom is -0.259 e. The van der Waals surface area contributed by atoms with E-state index in [-0.39, 0.29) is 16.9 Å². The van der Waals surface area contributed by atoms with E-state index in [0.717, 1.165) is 6.42 Å². The second-order valence-corrected chi connectivity index (χ2v) is 4.57. The topological polar surface area (TPSA) is 17.1 Å². The number of alkyl halides is 1. The number of hydrogen-bond donors (Lipinski definition) is 0. The minimum absolute atomic E-state index is 0.00540. The quantitative estimate of drug-likeness (QED) is 0.574. The van der Waals surface area contributed by atoms with E-state index in [1.54, 1.807) is 0 Å². The van der Waals surface area contributed by atoms with Crippen molar-refractivity contribution in [1.82, 2.24) is 0 Å². The summed E-state index contributed by atoms with van der Waals surface area (Å²) in [5, 5.41) is 0.106. The third kappa shape index (κ3) is 1.24. The third-order valence-electron chi connectivity index (χ3n) is 2.22. The summed E-state index contributed by atoms with van der Waals surface area (Å²) >= 11 is 0. The van der Waals surface area contributed by atoms with Gasteiger partial charge in [0.15, 0.2) is 0 Å². The summed E-state index contributed by atoms with van der Waals surface area (Å²) in [6.45, 7) is 3.82. The molecule has 0 amide bonds. The molecule has 0 aliphatic carbocycles. The Morgan fingerprint density at radius 3 is 2.50 bits per heavy atom. The van der Waals surface area contributed by atoms with Gasteiger partial charge in [0.1, 0.15) is 6.17 Å². The molecule has 1 aliphatic heterocycles. The van der Waals surface area contributed by atoms with Crippen LogP contribution in [0.15, 0.2) is 0 Å². The molecule has 60 valence electrons. The molecule has 0 unspecified atom stereocenters. The van der Waals surface area contributed by atoms with Gasteiger partial charge in [-0.05, 0) is 6.42 Å². The molecule has 10 heavy (non-hydrogen) atoms. The van der Waals surface area contributed by atoms with Gasteiger partial charge in [0.25, 0.3) is 0 Å². The zero-order chi connectivity index (χ0) is 7.72. The van der Waals surface area contributed by atoms with Gasteiger partial charge in [0, 0.05) is 22.0 Å². The van der Waals surface area contributed by atoms with E-state index in [4.69, 9.17) is 0 Å². The first-order chi connectivity index (χ1) is 4.66. The van der Waals surface area contributed by atoms with Crippen molar-refractivity contribution in [1.29, 1.82) is 0 Å². The lowest BCUT2D eigenvalue weighted by Crippen LogP contribution is -2.17. The average Bonchev–Trinajstić information content (AvgIpc) is 2.09. The number of hydrogen-bond acceptors (Lipinski definition) is 1. The highest BCUT2D eigenvalue weighted by Gasteiger charge is 2.37. The Kier molecular flexibility index (Phi) is 2.45. The molecule has 1 fully saturated rings. The fraction of sp³-hybridized carbons (Fsp3) is 1.00. The molecule has 1 saturated heterocycles. The van der Waals surface area contributed by atoms with Crippen molar-refractivity contribution in [2.75, 3.05) is 5.75 Å². The Labute approximate surface area is 63.5 Å². The molecule has 1 rings (SSSR count). The summed E-state index contributed by atoms with van der Waals surface area (Å²) in [5.41, 5.74) is 0. The predicted molar refractivity (Wildman–Crippen MR) is 41.1 cm³/mol. The van der Waals surface area contributed by atoms with Crippen molar-refractivity contribution < 1.29 is 8.60 Å². The molecule has 4 atom stereocenters. The van der Waals surface area contributed by atoms with Crippen LogP contribution in [0.25, 0.3) is 0 Å². The molecular formula is C7H13FOS. The van der Waals surface area contributed by atoms with Crippen LogP contribution >= 0.6 is 0 Å². The number of rotatable bonds is 1. The highest BCUT2D eigenvalue weighted by molar-refractivity contribution is 7.86. The molecule has 0 saturated carbocycles. The largest absolute Gasteiger partial charge is 0.259 e. The molecule has 1 heterocycles. The Balaban J connectivity index is 2.64. The van der Waals surface area contributed by atoms with Crippen LogP contribution in [0.2, 0.25) is 0 Å². The Morgan fingerprint density at radius 1 is 1.70 bits per heavy atom. The standard InChI is InChI=1S/C7H13FOS/c1-3-7-5(2)6(8)4-10(7)9/h5-7H,3-4H2,1-2H3/t5-,6+,7+,10-/m0/s1. The van der Waals surface area contributed by atoms with Crippen molar-refractivity contribution in [2.45, 2.75) is 31.7 Å². The van der Waals surface area contributed by atoms with Gasteiger partial charge in [0.2, 0.25) is 0 Å². The van der Waals surface area contributed by atoms with Crippen LogP contribution in [-0.2, 0) is 10.8 Å². The molecule has 0 aromatic carbocycles. The van der Waals surface area contributed by atoms with Crippen LogP contribution in [0.1, 0.15) is 20.3 Å². The second kappa shape index (κ2) is 2.99. The summed E-state index contributed by atoms with van der Waals surface area (Å²) in [7, 11) is -0.896. The van der Waals surface area contributed by atoms with Crippen LogP contribution in [0.3, 0.4) is 0 Å². The molecule has 3 heteroatoms. The fourth-order valence-electron chi connectivity index (χ4n) is 1.46. The van der Waals surface area contributed by atoms with Gasteiger partial charge in [-0.25, -0.2) is 4.39 Å². The molecule has 0 N–H and O–H groups in total. The molecule has 0 radical (unpaired) electrons. The normalized spacial score (nSPS) is 47.9. The lowest BCUT2D eigenvalue weighted by atomic mass is 10.0. The Hall–Kier alpha value is 0.0800. The van der Waals surface area contributed by atoms with Crippen molar-refractivity contribution in [3.8, 4) is 0 Å². The van der Waals surface area contributed by atoms with Crippen molar-refractivity contribution >= 4 is 10.8 Å². The first kappa shape index (κ1) is 8.18. The number of halogens is 1. The molecule has 1 aliphatic rings. The summed E-state index contributed by atoms with van der Waals surface area (Å²) < 4.78 is 23.9. The van der Waals surface area contributed by atoms with Crippen LogP contribution in [0.4, 0.5) is 4.39 Å².